The van der Waals surface area contributed by atoms with Gasteiger partial charge >= 0.3 is 6.36 Å². The highest BCUT2D eigenvalue weighted by Crippen LogP contribution is 2.30. The Kier molecular flexibility index (Phi) is 4.73. The molecule has 6 heteroatoms. The van der Waals surface area contributed by atoms with E-state index in [1.54, 1.807) is 12.1 Å². The summed E-state index contributed by atoms with van der Waals surface area (Å²) in [4.78, 5) is 0. The van der Waals surface area contributed by atoms with E-state index >= 15 is 0 Å². The van der Waals surface area contributed by atoms with Gasteiger partial charge in [-0.1, -0.05) is 34.1 Å². The summed E-state index contributed by atoms with van der Waals surface area (Å²) in [7, 11) is 0. The van der Waals surface area contributed by atoms with Crippen molar-refractivity contribution in [2.45, 2.75) is 6.36 Å². The third-order valence-corrected chi connectivity index (χ3v) is 2.31. The second-order valence-corrected chi connectivity index (χ2v) is 4.10. The van der Waals surface area contributed by atoms with Crippen molar-refractivity contribution >= 4 is 34.6 Å². The monoisotopic (exact) mass is 312 g/mol. The molecule has 16 heavy (non-hydrogen) atoms. The largest absolute Gasteiger partial charge is 0.573 e. The van der Waals surface area contributed by atoms with E-state index < -0.39 is 6.36 Å². The van der Waals surface area contributed by atoms with Crippen LogP contribution in [0.25, 0.3) is 6.08 Å². The molecule has 0 amide bonds. The molecule has 0 aromatic heterocycles. The molecular weight excluding hydrogens is 305 g/mol. The van der Waals surface area contributed by atoms with Crippen molar-refractivity contribution in [3.63, 3.8) is 0 Å². The molecule has 0 aliphatic carbocycles. The van der Waals surface area contributed by atoms with Gasteiger partial charge in [-0.15, -0.1) is 13.2 Å². The Hall–Kier alpha value is -0.620. The van der Waals surface area contributed by atoms with Gasteiger partial charge in [0.2, 0.25) is 0 Å². The van der Waals surface area contributed by atoms with Crippen LogP contribution in [0.5, 0.6) is 5.75 Å². The van der Waals surface area contributed by atoms with Gasteiger partial charge < -0.3 is 4.74 Å². The standard InChI is InChI=1S/C10H8BrF3OS/c11-8-4-3-7(2-1-5-16)9(6-8)15-10(12,13)14/h1-4,6,16H,5H2. The molecule has 0 aliphatic rings. The van der Waals surface area contributed by atoms with Crippen LogP contribution in [-0.2, 0) is 0 Å². The Balaban J connectivity index is 3.03. The average Bonchev–Trinajstić information content (AvgIpc) is 2.14. The van der Waals surface area contributed by atoms with Crippen molar-refractivity contribution in [2.75, 3.05) is 5.75 Å². The predicted octanol–water partition coefficient (Wildman–Crippen LogP) is 4.29. The fourth-order valence-corrected chi connectivity index (χ4v) is 1.48. The van der Waals surface area contributed by atoms with Crippen LogP contribution in [-0.4, -0.2) is 12.1 Å². The van der Waals surface area contributed by atoms with Crippen LogP contribution in [0.4, 0.5) is 13.2 Å². The van der Waals surface area contributed by atoms with E-state index in [9.17, 15) is 13.2 Å². The lowest BCUT2D eigenvalue weighted by Gasteiger charge is -2.11. The Bertz CT molecular complexity index is 390. The van der Waals surface area contributed by atoms with Gasteiger partial charge in [0, 0.05) is 15.8 Å². The number of hydrogen-bond donors (Lipinski definition) is 1. The summed E-state index contributed by atoms with van der Waals surface area (Å²) >= 11 is 7.02. The molecule has 0 bridgehead atoms. The van der Waals surface area contributed by atoms with Gasteiger partial charge in [0.25, 0.3) is 0 Å². The number of benzene rings is 1. The van der Waals surface area contributed by atoms with Crippen molar-refractivity contribution in [2.24, 2.45) is 0 Å². The molecule has 0 fully saturated rings. The number of alkyl halides is 3. The van der Waals surface area contributed by atoms with Crippen LogP contribution in [0.15, 0.2) is 28.7 Å². The minimum Gasteiger partial charge on any atom is -0.405 e. The molecule has 0 saturated heterocycles. The Morgan fingerprint density at radius 2 is 2.06 bits per heavy atom. The normalized spacial score (nSPS) is 12.1. The Morgan fingerprint density at radius 1 is 1.38 bits per heavy atom. The minimum absolute atomic E-state index is 0.236. The summed E-state index contributed by atoms with van der Waals surface area (Å²) in [5, 5.41) is 0. The third kappa shape index (κ3) is 4.49. The molecule has 0 unspecified atom stereocenters. The molecular formula is C10H8BrF3OS. The maximum absolute atomic E-state index is 12.1. The summed E-state index contributed by atoms with van der Waals surface area (Å²) < 4.78 is 40.7. The highest BCUT2D eigenvalue weighted by Gasteiger charge is 2.31. The second kappa shape index (κ2) is 5.63. The maximum Gasteiger partial charge on any atom is 0.573 e. The molecule has 0 heterocycles. The average molecular weight is 313 g/mol. The first-order chi connectivity index (χ1) is 7.42. The number of rotatable bonds is 3. The molecule has 0 saturated carbocycles. The van der Waals surface area contributed by atoms with E-state index in [-0.39, 0.29) is 5.75 Å². The summed E-state index contributed by atoms with van der Waals surface area (Å²) in [5.41, 5.74) is 0.356. The zero-order chi connectivity index (χ0) is 12.2. The van der Waals surface area contributed by atoms with Gasteiger partial charge in [-0.3, -0.25) is 0 Å². The van der Waals surface area contributed by atoms with Crippen LogP contribution in [0.3, 0.4) is 0 Å². The number of thiol groups is 1. The molecule has 1 rings (SSSR count). The molecule has 0 atom stereocenters. The van der Waals surface area contributed by atoms with Crippen molar-refractivity contribution < 1.29 is 17.9 Å². The van der Waals surface area contributed by atoms with E-state index in [0.29, 0.717) is 15.8 Å². The molecule has 0 radical (unpaired) electrons. The second-order valence-electron chi connectivity index (χ2n) is 2.81. The van der Waals surface area contributed by atoms with Crippen LogP contribution in [0, 0.1) is 0 Å². The van der Waals surface area contributed by atoms with E-state index in [2.05, 4.69) is 33.3 Å². The van der Waals surface area contributed by atoms with E-state index in [0.717, 1.165) is 0 Å². The topological polar surface area (TPSA) is 9.23 Å². The highest BCUT2D eigenvalue weighted by molar-refractivity contribution is 9.10. The Labute approximate surface area is 105 Å². The fraction of sp³-hybridized carbons (Fsp3) is 0.200. The lowest BCUT2D eigenvalue weighted by Crippen LogP contribution is -2.17. The summed E-state index contributed by atoms with van der Waals surface area (Å²) in [5.74, 6) is 0.210. The summed E-state index contributed by atoms with van der Waals surface area (Å²) in [6, 6.07) is 4.44. The van der Waals surface area contributed by atoms with Crippen LogP contribution in [0.2, 0.25) is 0 Å². The van der Waals surface area contributed by atoms with Crippen LogP contribution < -0.4 is 4.74 Å². The molecule has 0 N–H and O–H groups in total. The van der Waals surface area contributed by atoms with Gasteiger partial charge in [0.05, 0.1) is 0 Å². The van der Waals surface area contributed by atoms with E-state index in [4.69, 9.17) is 0 Å². The fourth-order valence-electron chi connectivity index (χ4n) is 1.04. The molecule has 88 valence electrons. The summed E-state index contributed by atoms with van der Waals surface area (Å²) in [6.45, 7) is 0. The van der Waals surface area contributed by atoms with Gasteiger partial charge in [0.15, 0.2) is 0 Å². The van der Waals surface area contributed by atoms with Crippen molar-refractivity contribution in [1.29, 1.82) is 0 Å². The lowest BCUT2D eigenvalue weighted by atomic mass is 10.2. The van der Waals surface area contributed by atoms with Crippen LogP contribution in [0.1, 0.15) is 5.56 Å². The van der Waals surface area contributed by atoms with Gasteiger partial charge in [-0.05, 0) is 12.1 Å². The van der Waals surface area contributed by atoms with E-state index in [1.165, 1.54) is 18.2 Å². The summed E-state index contributed by atoms with van der Waals surface area (Å²) in [6.07, 6.45) is -1.53. The number of hydrogen-bond acceptors (Lipinski definition) is 2. The van der Waals surface area contributed by atoms with Crippen molar-refractivity contribution in [3.05, 3.63) is 34.3 Å². The predicted molar refractivity (Wildman–Crippen MR) is 63.7 cm³/mol. The molecule has 0 aliphatic heterocycles. The highest BCUT2D eigenvalue weighted by atomic mass is 79.9. The first-order valence-electron chi connectivity index (χ1n) is 4.25. The zero-order valence-electron chi connectivity index (χ0n) is 7.96. The first kappa shape index (κ1) is 13.4. The SMILES string of the molecule is FC(F)(F)Oc1cc(Br)ccc1C=CCS. The van der Waals surface area contributed by atoms with Crippen molar-refractivity contribution in [1.82, 2.24) is 0 Å². The van der Waals surface area contributed by atoms with Crippen molar-refractivity contribution in [3.8, 4) is 5.75 Å². The quantitative estimate of drug-likeness (QED) is 0.819. The lowest BCUT2D eigenvalue weighted by molar-refractivity contribution is -0.274. The zero-order valence-corrected chi connectivity index (χ0v) is 10.4. The molecule has 1 aromatic carbocycles. The third-order valence-electron chi connectivity index (χ3n) is 1.60. The number of ether oxygens (including phenoxy) is 1. The maximum atomic E-state index is 12.1. The van der Waals surface area contributed by atoms with Crippen LogP contribution >= 0.6 is 28.6 Å². The smallest absolute Gasteiger partial charge is 0.405 e. The van der Waals surface area contributed by atoms with Gasteiger partial charge in [0.1, 0.15) is 5.75 Å². The number of halogens is 4. The van der Waals surface area contributed by atoms with Gasteiger partial charge in [-0.25, -0.2) is 0 Å². The molecule has 0 spiro atoms. The molecule has 1 nitrogen and oxygen atoms in total. The molecule has 1 aromatic rings. The van der Waals surface area contributed by atoms with Gasteiger partial charge in [-0.2, -0.15) is 12.6 Å². The minimum atomic E-state index is -4.69. The first-order valence-corrected chi connectivity index (χ1v) is 5.67. The Morgan fingerprint density at radius 3 is 2.62 bits per heavy atom. The van der Waals surface area contributed by atoms with E-state index in [1.807, 2.05) is 0 Å².